The van der Waals surface area contributed by atoms with Crippen LogP contribution < -0.4 is 16.0 Å². The van der Waals surface area contributed by atoms with Gasteiger partial charge in [-0.1, -0.05) is 0 Å². The fraction of sp³-hybridized carbons (Fsp3) is 0.556. The van der Waals surface area contributed by atoms with Crippen LogP contribution in [0.5, 0.6) is 0 Å². The van der Waals surface area contributed by atoms with Crippen molar-refractivity contribution >= 4 is 35.6 Å². The summed E-state index contributed by atoms with van der Waals surface area (Å²) in [5.41, 5.74) is 8.17. The Labute approximate surface area is 154 Å². The number of carbonyl (C=O) groups excluding carboxylic acids is 2. The minimum atomic E-state index is -0.542. The second-order valence-corrected chi connectivity index (χ2v) is 6.67. The van der Waals surface area contributed by atoms with Gasteiger partial charge in [-0.05, 0) is 49.4 Å². The summed E-state index contributed by atoms with van der Waals surface area (Å²) in [6.45, 7) is 3.81. The zero-order valence-corrected chi connectivity index (χ0v) is 15.4. The predicted octanol–water partition coefficient (Wildman–Crippen LogP) is 2.10. The van der Waals surface area contributed by atoms with Crippen molar-refractivity contribution in [3.05, 3.63) is 23.8 Å². The number of amides is 2. The van der Waals surface area contributed by atoms with Crippen LogP contribution >= 0.6 is 12.4 Å². The van der Waals surface area contributed by atoms with Crippen LogP contribution in [0.4, 0.5) is 11.4 Å². The maximum Gasteiger partial charge on any atom is 0.232 e. The molecule has 25 heavy (non-hydrogen) atoms. The van der Waals surface area contributed by atoms with Crippen molar-refractivity contribution < 1.29 is 14.3 Å². The van der Waals surface area contributed by atoms with Crippen molar-refractivity contribution in [2.45, 2.75) is 32.6 Å². The van der Waals surface area contributed by atoms with E-state index in [-0.39, 0.29) is 24.2 Å². The number of hydrogen-bond acceptors (Lipinski definition) is 4. The Morgan fingerprint density at radius 1 is 1.32 bits per heavy atom. The van der Waals surface area contributed by atoms with E-state index < -0.39 is 5.41 Å². The van der Waals surface area contributed by atoms with Crippen molar-refractivity contribution in [3.8, 4) is 0 Å². The van der Waals surface area contributed by atoms with Gasteiger partial charge in [0.15, 0.2) is 0 Å². The Morgan fingerprint density at radius 2 is 2.04 bits per heavy atom. The van der Waals surface area contributed by atoms with Gasteiger partial charge in [-0.25, -0.2) is 0 Å². The number of anilines is 2. The molecular weight excluding hydrogens is 342 g/mol. The molecule has 0 aromatic heterocycles. The topological polar surface area (TPSA) is 84.7 Å². The zero-order valence-electron chi connectivity index (χ0n) is 14.5. The highest BCUT2D eigenvalue weighted by Crippen LogP contribution is 2.33. The maximum absolute atomic E-state index is 12.7. The number of hydrogen-bond donors (Lipinski definition) is 2. The molecule has 0 unspecified atom stereocenters. The third-order valence-electron chi connectivity index (χ3n) is 5.16. The lowest BCUT2D eigenvalue weighted by molar-refractivity contribution is -0.130. The first-order valence-electron chi connectivity index (χ1n) is 8.56. The summed E-state index contributed by atoms with van der Waals surface area (Å²) in [4.78, 5) is 26.3. The van der Waals surface area contributed by atoms with Crippen molar-refractivity contribution in [3.63, 3.8) is 0 Å². The summed E-state index contributed by atoms with van der Waals surface area (Å²) in [6, 6.07) is 5.76. The molecule has 2 amide bonds. The lowest BCUT2D eigenvalue weighted by Crippen LogP contribution is -2.46. The monoisotopic (exact) mass is 367 g/mol. The van der Waals surface area contributed by atoms with Crippen molar-refractivity contribution in [1.82, 2.24) is 0 Å². The van der Waals surface area contributed by atoms with E-state index in [1.807, 2.05) is 18.2 Å². The third-order valence-corrected chi connectivity index (χ3v) is 5.16. The van der Waals surface area contributed by atoms with Gasteiger partial charge in [0.2, 0.25) is 11.8 Å². The molecule has 2 aliphatic rings. The minimum Gasteiger partial charge on any atom is -0.381 e. The molecule has 2 heterocycles. The second-order valence-electron chi connectivity index (χ2n) is 6.67. The summed E-state index contributed by atoms with van der Waals surface area (Å²) in [6.07, 6.45) is 3.16. The summed E-state index contributed by atoms with van der Waals surface area (Å²) in [5, 5.41) is 3.02. The highest BCUT2D eigenvalue weighted by Gasteiger charge is 2.38. The van der Waals surface area contributed by atoms with E-state index >= 15 is 0 Å². The number of nitrogens with one attached hydrogen (secondary N) is 1. The number of aryl methyl sites for hydroxylation is 1. The van der Waals surface area contributed by atoms with E-state index in [0.29, 0.717) is 32.6 Å². The first kappa shape index (κ1) is 19.7. The lowest BCUT2D eigenvalue weighted by Gasteiger charge is -2.34. The largest absolute Gasteiger partial charge is 0.381 e. The first-order chi connectivity index (χ1) is 11.6. The van der Waals surface area contributed by atoms with Gasteiger partial charge in [-0.3, -0.25) is 9.59 Å². The van der Waals surface area contributed by atoms with Crippen LogP contribution in [-0.2, 0) is 20.7 Å². The average molecular weight is 368 g/mol. The minimum absolute atomic E-state index is 0. The zero-order chi connectivity index (χ0) is 17.2. The number of carbonyl (C=O) groups is 2. The van der Waals surface area contributed by atoms with Crippen LogP contribution in [0.3, 0.4) is 0 Å². The summed E-state index contributed by atoms with van der Waals surface area (Å²) >= 11 is 0. The molecule has 6 nitrogen and oxygen atoms in total. The third kappa shape index (κ3) is 3.97. The number of nitrogens with two attached hydrogens (primary N) is 1. The van der Waals surface area contributed by atoms with Gasteiger partial charge in [0.1, 0.15) is 0 Å². The molecule has 7 heteroatoms. The van der Waals surface area contributed by atoms with Crippen LogP contribution in [-0.4, -0.2) is 38.1 Å². The molecule has 1 fully saturated rings. The van der Waals surface area contributed by atoms with E-state index in [1.54, 1.807) is 11.8 Å². The number of fused-ring (bicyclic) bond motifs is 1. The van der Waals surface area contributed by atoms with E-state index in [9.17, 15) is 9.59 Å². The number of halogens is 1. The number of nitrogens with zero attached hydrogens (tertiary/aromatic N) is 1. The van der Waals surface area contributed by atoms with Crippen molar-refractivity contribution in [2.24, 2.45) is 11.1 Å². The standard InChI is InChI=1S/C18H25N3O3.ClH/c1-13(22)21-8-2-3-14-11-15(4-5-16(14)21)20-17(23)18(12-19)6-9-24-10-7-18;/h4-5,11H,2-3,6-10,12,19H2,1H3,(H,20,23);1H. The predicted molar refractivity (Wildman–Crippen MR) is 100 cm³/mol. The van der Waals surface area contributed by atoms with Crippen molar-refractivity contribution in [1.29, 1.82) is 0 Å². The van der Waals surface area contributed by atoms with Gasteiger partial charge >= 0.3 is 0 Å². The Hall–Kier alpha value is -1.63. The Balaban J connectivity index is 0.00000225. The Bertz CT molecular complexity index is 644. The molecule has 1 saturated heterocycles. The number of rotatable bonds is 3. The van der Waals surface area contributed by atoms with Crippen LogP contribution in [0.1, 0.15) is 31.7 Å². The molecule has 0 spiro atoms. The lowest BCUT2D eigenvalue weighted by atomic mass is 9.79. The van der Waals surface area contributed by atoms with E-state index in [0.717, 1.165) is 36.3 Å². The fourth-order valence-electron chi connectivity index (χ4n) is 3.55. The second kappa shape index (κ2) is 8.17. The van der Waals surface area contributed by atoms with Gasteiger partial charge < -0.3 is 20.7 Å². The Morgan fingerprint density at radius 3 is 2.68 bits per heavy atom. The quantitative estimate of drug-likeness (QED) is 0.856. The van der Waals surface area contributed by atoms with E-state index in [2.05, 4.69) is 5.32 Å². The molecule has 0 saturated carbocycles. The van der Waals surface area contributed by atoms with E-state index in [1.165, 1.54) is 0 Å². The molecule has 3 rings (SSSR count). The van der Waals surface area contributed by atoms with Gasteiger partial charge in [-0.15, -0.1) is 12.4 Å². The fourth-order valence-corrected chi connectivity index (χ4v) is 3.55. The SMILES string of the molecule is CC(=O)N1CCCc2cc(NC(=O)C3(CN)CCOCC3)ccc21.Cl. The highest BCUT2D eigenvalue weighted by molar-refractivity contribution is 5.97. The molecule has 138 valence electrons. The molecule has 0 atom stereocenters. The summed E-state index contributed by atoms with van der Waals surface area (Å²) in [5.74, 6) is 0.0181. The number of ether oxygens (including phenoxy) is 1. The van der Waals surface area contributed by atoms with Crippen LogP contribution in [0.15, 0.2) is 18.2 Å². The van der Waals surface area contributed by atoms with Crippen LogP contribution in [0.2, 0.25) is 0 Å². The van der Waals surface area contributed by atoms with Gasteiger partial charge in [-0.2, -0.15) is 0 Å². The van der Waals surface area contributed by atoms with Gasteiger partial charge in [0.05, 0.1) is 5.41 Å². The van der Waals surface area contributed by atoms with E-state index in [4.69, 9.17) is 10.5 Å². The van der Waals surface area contributed by atoms with Crippen LogP contribution in [0, 0.1) is 5.41 Å². The van der Waals surface area contributed by atoms with Crippen molar-refractivity contribution in [2.75, 3.05) is 36.5 Å². The van der Waals surface area contributed by atoms with Gasteiger partial charge in [0.25, 0.3) is 0 Å². The molecular formula is C18H26ClN3O3. The molecule has 3 N–H and O–H groups in total. The van der Waals surface area contributed by atoms with Gasteiger partial charge in [0, 0.05) is 44.6 Å². The molecule has 0 radical (unpaired) electrons. The average Bonchev–Trinajstić information content (AvgIpc) is 2.61. The summed E-state index contributed by atoms with van der Waals surface area (Å²) < 4.78 is 5.36. The molecule has 0 aliphatic carbocycles. The first-order valence-corrected chi connectivity index (χ1v) is 8.56. The summed E-state index contributed by atoms with van der Waals surface area (Å²) in [7, 11) is 0. The normalized spacial score (nSPS) is 18.7. The molecule has 1 aromatic rings. The molecule has 0 bridgehead atoms. The van der Waals surface area contributed by atoms with Crippen LogP contribution in [0.25, 0.3) is 0 Å². The highest BCUT2D eigenvalue weighted by atomic mass is 35.5. The maximum atomic E-state index is 12.7. The smallest absolute Gasteiger partial charge is 0.232 e. The Kier molecular flexibility index (Phi) is 6.43. The molecule has 2 aliphatic heterocycles. The molecule has 1 aromatic carbocycles. The number of benzene rings is 1.